The molecular weight excluding hydrogens is 402 g/mol. The number of carbonyl (C=O) groups is 1. The number of hydrogen-bond donors (Lipinski definition) is 2. The van der Waals surface area contributed by atoms with Gasteiger partial charge in [-0.15, -0.1) is 0 Å². The van der Waals surface area contributed by atoms with Gasteiger partial charge in [-0.2, -0.15) is 0 Å². The van der Waals surface area contributed by atoms with E-state index in [1.54, 1.807) is 26.0 Å². The molecular formula is C22H29N3O4S. The Bertz CT molecular complexity index is 931. The monoisotopic (exact) mass is 431 g/mol. The van der Waals surface area contributed by atoms with E-state index >= 15 is 0 Å². The molecule has 1 atom stereocenters. The van der Waals surface area contributed by atoms with Gasteiger partial charge in [0.1, 0.15) is 0 Å². The minimum absolute atomic E-state index is 0.00477. The lowest BCUT2D eigenvalue weighted by atomic mass is 10.1. The van der Waals surface area contributed by atoms with Crippen LogP contribution in [0.1, 0.15) is 25.5 Å². The highest BCUT2D eigenvalue weighted by molar-refractivity contribution is 7.89. The second kappa shape index (κ2) is 10.2. The standard InChI is InChI=1S/C22H29N3O4S/c1-17(2)22(26)24-19-8-10-20(11-9-19)30(27,28)23-12-13-25-14-15-29-21(16-25)18-6-4-3-5-7-18/h3-11,17,21,23H,12-16H2,1-2H3,(H,24,26)/t21-/m1/s1. The highest BCUT2D eigenvalue weighted by Crippen LogP contribution is 2.21. The quantitative estimate of drug-likeness (QED) is 0.671. The van der Waals surface area contributed by atoms with Crippen molar-refractivity contribution in [2.75, 3.05) is 38.1 Å². The number of rotatable bonds is 8. The van der Waals surface area contributed by atoms with Gasteiger partial charge in [0.15, 0.2) is 0 Å². The maximum Gasteiger partial charge on any atom is 0.240 e. The van der Waals surface area contributed by atoms with Gasteiger partial charge in [-0.25, -0.2) is 13.1 Å². The van der Waals surface area contributed by atoms with Crippen molar-refractivity contribution in [3.63, 3.8) is 0 Å². The normalized spacial score (nSPS) is 17.8. The molecule has 7 nitrogen and oxygen atoms in total. The first kappa shape index (κ1) is 22.4. The zero-order chi connectivity index (χ0) is 21.6. The van der Waals surface area contributed by atoms with Gasteiger partial charge in [-0.1, -0.05) is 44.2 Å². The van der Waals surface area contributed by atoms with Gasteiger partial charge in [0.05, 0.1) is 17.6 Å². The molecule has 0 spiro atoms. The van der Waals surface area contributed by atoms with Crippen molar-refractivity contribution in [1.82, 2.24) is 9.62 Å². The smallest absolute Gasteiger partial charge is 0.240 e. The first-order valence-electron chi connectivity index (χ1n) is 10.1. The summed E-state index contributed by atoms with van der Waals surface area (Å²) in [5.74, 6) is -0.250. The third-order valence-corrected chi connectivity index (χ3v) is 6.48. The van der Waals surface area contributed by atoms with Gasteiger partial charge in [0.25, 0.3) is 0 Å². The van der Waals surface area contributed by atoms with Crippen LogP contribution in [0.5, 0.6) is 0 Å². The molecule has 1 amide bonds. The topological polar surface area (TPSA) is 87.7 Å². The maximum absolute atomic E-state index is 12.6. The van der Waals surface area contributed by atoms with Crippen molar-refractivity contribution < 1.29 is 17.9 Å². The number of morpholine rings is 1. The van der Waals surface area contributed by atoms with E-state index in [9.17, 15) is 13.2 Å². The highest BCUT2D eigenvalue weighted by Gasteiger charge is 2.22. The van der Waals surface area contributed by atoms with E-state index in [2.05, 4.69) is 14.9 Å². The van der Waals surface area contributed by atoms with Gasteiger partial charge in [0.2, 0.25) is 15.9 Å². The fourth-order valence-corrected chi connectivity index (χ4v) is 4.22. The predicted molar refractivity (Wildman–Crippen MR) is 117 cm³/mol. The fourth-order valence-electron chi connectivity index (χ4n) is 3.20. The molecule has 1 aliphatic rings. The number of sulfonamides is 1. The molecule has 1 aliphatic heterocycles. The second-order valence-corrected chi connectivity index (χ2v) is 9.40. The number of nitrogens with zero attached hydrogens (tertiary/aromatic N) is 1. The largest absolute Gasteiger partial charge is 0.371 e. The van der Waals surface area contributed by atoms with E-state index in [1.807, 2.05) is 30.3 Å². The number of benzene rings is 2. The minimum atomic E-state index is -3.61. The van der Waals surface area contributed by atoms with Gasteiger partial charge in [0, 0.05) is 37.8 Å². The molecule has 162 valence electrons. The Morgan fingerprint density at radius 2 is 1.83 bits per heavy atom. The van der Waals surface area contributed by atoms with Gasteiger partial charge < -0.3 is 10.1 Å². The van der Waals surface area contributed by atoms with Crippen LogP contribution in [0.25, 0.3) is 0 Å². The maximum atomic E-state index is 12.6. The van der Waals surface area contributed by atoms with E-state index in [-0.39, 0.29) is 22.8 Å². The number of nitrogens with one attached hydrogen (secondary N) is 2. The summed E-state index contributed by atoms with van der Waals surface area (Å²) in [6.45, 7) is 6.65. The zero-order valence-electron chi connectivity index (χ0n) is 17.4. The summed E-state index contributed by atoms with van der Waals surface area (Å²) in [5.41, 5.74) is 1.71. The summed E-state index contributed by atoms with van der Waals surface area (Å²) in [5, 5.41) is 2.75. The number of ether oxygens (including phenoxy) is 1. The Balaban J connectivity index is 1.50. The summed E-state index contributed by atoms with van der Waals surface area (Å²) in [6.07, 6.45) is 0.00477. The van der Waals surface area contributed by atoms with Crippen molar-refractivity contribution in [3.8, 4) is 0 Å². The minimum Gasteiger partial charge on any atom is -0.371 e. The van der Waals surface area contributed by atoms with E-state index in [0.29, 0.717) is 25.4 Å². The van der Waals surface area contributed by atoms with Crippen LogP contribution >= 0.6 is 0 Å². The molecule has 1 fully saturated rings. The van der Waals surface area contributed by atoms with Crippen molar-refractivity contribution in [1.29, 1.82) is 0 Å². The second-order valence-electron chi connectivity index (χ2n) is 7.64. The van der Waals surface area contributed by atoms with E-state index in [0.717, 1.165) is 18.7 Å². The van der Waals surface area contributed by atoms with Gasteiger partial charge in [-0.05, 0) is 29.8 Å². The summed E-state index contributed by atoms with van der Waals surface area (Å²) >= 11 is 0. The van der Waals surface area contributed by atoms with Crippen LogP contribution < -0.4 is 10.0 Å². The number of carbonyl (C=O) groups excluding carboxylic acids is 1. The lowest BCUT2D eigenvalue weighted by Crippen LogP contribution is -2.42. The average Bonchev–Trinajstić information content (AvgIpc) is 2.75. The molecule has 0 unspecified atom stereocenters. The third kappa shape index (κ3) is 6.12. The Labute approximate surface area is 178 Å². The Morgan fingerprint density at radius 1 is 1.13 bits per heavy atom. The molecule has 8 heteroatoms. The molecule has 2 aromatic rings. The SMILES string of the molecule is CC(C)C(=O)Nc1ccc(S(=O)(=O)NCCN2CCO[C@@H](c3ccccc3)C2)cc1. The molecule has 1 saturated heterocycles. The van der Waals surface area contributed by atoms with Crippen LogP contribution in [0, 0.1) is 5.92 Å². The fraction of sp³-hybridized carbons (Fsp3) is 0.409. The molecule has 2 aromatic carbocycles. The zero-order valence-corrected chi connectivity index (χ0v) is 18.2. The van der Waals surface area contributed by atoms with E-state index in [1.165, 1.54) is 12.1 Å². The van der Waals surface area contributed by atoms with Gasteiger partial charge >= 0.3 is 0 Å². The number of hydrogen-bond acceptors (Lipinski definition) is 5. The Morgan fingerprint density at radius 3 is 2.50 bits per heavy atom. The van der Waals surface area contributed by atoms with Gasteiger partial charge in [-0.3, -0.25) is 9.69 Å². The van der Waals surface area contributed by atoms with Crippen LogP contribution in [-0.2, 0) is 19.6 Å². The molecule has 1 heterocycles. The van der Waals surface area contributed by atoms with Crippen molar-refractivity contribution in [2.24, 2.45) is 5.92 Å². The first-order chi connectivity index (χ1) is 14.3. The van der Waals surface area contributed by atoms with Crippen LogP contribution in [0.15, 0.2) is 59.5 Å². The summed E-state index contributed by atoms with van der Waals surface area (Å²) in [4.78, 5) is 14.1. The predicted octanol–water partition coefficient (Wildman–Crippen LogP) is 2.63. The van der Waals surface area contributed by atoms with Crippen molar-refractivity contribution in [2.45, 2.75) is 24.8 Å². The molecule has 0 aliphatic carbocycles. The van der Waals surface area contributed by atoms with Crippen LogP contribution in [-0.4, -0.2) is 52.0 Å². The number of amides is 1. The van der Waals surface area contributed by atoms with E-state index < -0.39 is 10.0 Å². The first-order valence-corrected chi connectivity index (χ1v) is 11.6. The molecule has 0 aromatic heterocycles. The molecule has 3 rings (SSSR count). The van der Waals surface area contributed by atoms with Crippen molar-refractivity contribution >= 4 is 21.6 Å². The van der Waals surface area contributed by atoms with Crippen molar-refractivity contribution in [3.05, 3.63) is 60.2 Å². The van der Waals surface area contributed by atoms with Crippen LogP contribution in [0.2, 0.25) is 0 Å². The number of anilines is 1. The molecule has 0 bridgehead atoms. The highest BCUT2D eigenvalue weighted by atomic mass is 32.2. The van der Waals surface area contributed by atoms with E-state index in [4.69, 9.17) is 4.74 Å². The third-order valence-electron chi connectivity index (χ3n) is 5.00. The summed E-state index contributed by atoms with van der Waals surface area (Å²) in [7, 11) is -3.61. The summed E-state index contributed by atoms with van der Waals surface area (Å²) in [6, 6.07) is 16.2. The average molecular weight is 432 g/mol. The Hall–Kier alpha value is -2.26. The summed E-state index contributed by atoms with van der Waals surface area (Å²) < 4.78 is 33.6. The van der Waals surface area contributed by atoms with Crippen LogP contribution in [0.3, 0.4) is 0 Å². The molecule has 30 heavy (non-hydrogen) atoms. The Kier molecular flexibility index (Phi) is 7.60. The molecule has 0 saturated carbocycles. The molecule has 2 N–H and O–H groups in total. The lowest BCUT2D eigenvalue weighted by Gasteiger charge is -2.33. The molecule has 0 radical (unpaired) electrons. The van der Waals surface area contributed by atoms with Crippen LogP contribution in [0.4, 0.5) is 5.69 Å². The lowest BCUT2D eigenvalue weighted by molar-refractivity contribution is -0.118.